The van der Waals surface area contributed by atoms with Crippen LogP contribution in [-0.2, 0) is 16.4 Å². The molecule has 0 amide bonds. The number of hydrogen-bond acceptors (Lipinski definition) is 5. The minimum atomic E-state index is -3.63. The van der Waals surface area contributed by atoms with Crippen LogP contribution in [0.4, 0.5) is 11.5 Å². The summed E-state index contributed by atoms with van der Waals surface area (Å²) >= 11 is 0. The lowest BCUT2D eigenvalue weighted by Gasteiger charge is -2.08. The molecule has 6 nitrogen and oxygen atoms in total. The Kier molecular flexibility index (Phi) is 4.44. The van der Waals surface area contributed by atoms with Crippen LogP contribution in [0, 0.1) is 6.92 Å². The first-order valence-electron chi connectivity index (χ1n) is 6.45. The van der Waals surface area contributed by atoms with Crippen molar-refractivity contribution < 1.29 is 8.42 Å². The maximum absolute atomic E-state index is 11.1. The molecule has 0 bridgehead atoms. The van der Waals surface area contributed by atoms with Crippen LogP contribution < -0.4 is 16.2 Å². The number of nitrogens with zero attached hydrogens (tertiary/aromatic N) is 1. The molecule has 7 heteroatoms. The Labute approximate surface area is 124 Å². The molecule has 5 N–H and O–H groups in total. The summed E-state index contributed by atoms with van der Waals surface area (Å²) in [7, 11) is -3.63. The summed E-state index contributed by atoms with van der Waals surface area (Å²) in [5.41, 5.74) is 8.18. The van der Waals surface area contributed by atoms with E-state index in [2.05, 4.69) is 10.3 Å². The van der Waals surface area contributed by atoms with Gasteiger partial charge in [0.1, 0.15) is 5.82 Å². The van der Waals surface area contributed by atoms with E-state index in [-0.39, 0.29) is 4.90 Å². The average Bonchev–Trinajstić information content (AvgIpc) is 2.42. The predicted octanol–water partition coefficient (Wildman–Crippen LogP) is 1.27. The summed E-state index contributed by atoms with van der Waals surface area (Å²) in [4.78, 5) is 4.44. The number of primary sulfonamides is 1. The van der Waals surface area contributed by atoms with Crippen LogP contribution in [0.5, 0.6) is 0 Å². The molecule has 2 aromatic rings. The van der Waals surface area contributed by atoms with Crippen molar-refractivity contribution in [3.05, 3.63) is 47.7 Å². The molecular formula is C14H18N4O2S. The fourth-order valence-corrected chi connectivity index (χ4v) is 2.37. The van der Waals surface area contributed by atoms with Gasteiger partial charge in [-0.05, 0) is 43.2 Å². The average molecular weight is 306 g/mol. The lowest BCUT2D eigenvalue weighted by atomic mass is 10.1. The zero-order valence-corrected chi connectivity index (χ0v) is 12.5. The number of rotatable bonds is 5. The summed E-state index contributed by atoms with van der Waals surface area (Å²) in [6, 6.07) is 10.2. The molecule has 1 aromatic heterocycles. The maximum Gasteiger partial charge on any atom is 0.238 e. The number of aryl methyl sites for hydroxylation is 1. The van der Waals surface area contributed by atoms with Gasteiger partial charge in [-0.3, -0.25) is 0 Å². The van der Waals surface area contributed by atoms with Crippen molar-refractivity contribution in [2.45, 2.75) is 18.2 Å². The van der Waals surface area contributed by atoms with E-state index in [9.17, 15) is 8.42 Å². The Morgan fingerprint density at radius 1 is 1.14 bits per heavy atom. The molecule has 0 atom stereocenters. The van der Waals surface area contributed by atoms with Gasteiger partial charge in [0.2, 0.25) is 10.0 Å². The number of nitrogens with one attached hydrogen (secondary N) is 1. The van der Waals surface area contributed by atoms with E-state index in [0.717, 1.165) is 23.5 Å². The monoisotopic (exact) mass is 306 g/mol. The van der Waals surface area contributed by atoms with Crippen molar-refractivity contribution in [3.8, 4) is 0 Å². The van der Waals surface area contributed by atoms with Gasteiger partial charge in [0.05, 0.1) is 16.3 Å². The molecule has 0 aliphatic rings. The maximum atomic E-state index is 11.1. The summed E-state index contributed by atoms with van der Waals surface area (Å²) in [5, 5.41) is 8.25. The fourth-order valence-electron chi connectivity index (χ4n) is 1.85. The van der Waals surface area contributed by atoms with Crippen LogP contribution in [0.15, 0.2) is 41.3 Å². The van der Waals surface area contributed by atoms with Crippen molar-refractivity contribution in [1.29, 1.82) is 0 Å². The molecule has 21 heavy (non-hydrogen) atoms. The third-order valence-electron chi connectivity index (χ3n) is 3.10. The predicted molar refractivity (Wildman–Crippen MR) is 83.4 cm³/mol. The van der Waals surface area contributed by atoms with Crippen LogP contribution in [0.25, 0.3) is 0 Å². The number of benzene rings is 1. The van der Waals surface area contributed by atoms with Crippen LogP contribution in [0.3, 0.4) is 0 Å². The number of aromatic nitrogens is 1. The molecule has 0 fully saturated rings. The van der Waals surface area contributed by atoms with Crippen molar-refractivity contribution in [3.63, 3.8) is 0 Å². The number of nitrogens with two attached hydrogens (primary N) is 2. The van der Waals surface area contributed by atoms with E-state index in [1.165, 1.54) is 12.1 Å². The lowest BCUT2D eigenvalue weighted by Crippen LogP contribution is -2.12. The molecule has 0 unspecified atom stereocenters. The van der Waals surface area contributed by atoms with E-state index < -0.39 is 10.0 Å². The molecule has 0 saturated heterocycles. The van der Waals surface area contributed by atoms with Gasteiger partial charge in [0.25, 0.3) is 0 Å². The first kappa shape index (κ1) is 15.3. The fraction of sp³-hybridized carbons (Fsp3) is 0.214. The second kappa shape index (κ2) is 6.11. The standard InChI is InChI=1S/C14H18N4O2S/c1-10-13(15)6-7-14(18-10)17-9-8-11-2-4-12(5-3-11)21(16,19)20/h2-7H,8-9,15H2,1H3,(H,17,18)(H2,16,19,20). The Bertz CT molecular complexity index is 727. The van der Waals surface area contributed by atoms with E-state index in [4.69, 9.17) is 10.9 Å². The molecule has 0 aliphatic carbocycles. The smallest absolute Gasteiger partial charge is 0.238 e. The first-order chi connectivity index (χ1) is 9.86. The van der Waals surface area contributed by atoms with E-state index in [1.54, 1.807) is 12.1 Å². The Balaban J connectivity index is 1.93. The highest BCUT2D eigenvalue weighted by Gasteiger charge is 2.06. The molecule has 2 rings (SSSR count). The largest absolute Gasteiger partial charge is 0.397 e. The Morgan fingerprint density at radius 2 is 1.81 bits per heavy atom. The number of pyridine rings is 1. The van der Waals surface area contributed by atoms with Gasteiger partial charge in [0.15, 0.2) is 0 Å². The quantitative estimate of drug-likeness (QED) is 0.770. The van der Waals surface area contributed by atoms with Gasteiger partial charge in [-0.15, -0.1) is 0 Å². The molecule has 1 aromatic carbocycles. The minimum absolute atomic E-state index is 0.120. The summed E-state index contributed by atoms with van der Waals surface area (Å²) < 4.78 is 22.3. The van der Waals surface area contributed by atoms with Crippen LogP contribution in [0.2, 0.25) is 0 Å². The third-order valence-corrected chi connectivity index (χ3v) is 4.03. The van der Waals surface area contributed by atoms with Crippen molar-refractivity contribution >= 4 is 21.5 Å². The van der Waals surface area contributed by atoms with Gasteiger partial charge in [-0.1, -0.05) is 12.1 Å². The topological polar surface area (TPSA) is 111 Å². The van der Waals surface area contributed by atoms with E-state index >= 15 is 0 Å². The van der Waals surface area contributed by atoms with Gasteiger partial charge in [0, 0.05) is 6.54 Å². The van der Waals surface area contributed by atoms with E-state index in [0.29, 0.717) is 12.2 Å². The first-order valence-corrected chi connectivity index (χ1v) is 7.99. The third kappa shape index (κ3) is 4.17. The summed E-state index contributed by atoms with van der Waals surface area (Å²) in [6.45, 7) is 2.54. The molecule has 1 heterocycles. The minimum Gasteiger partial charge on any atom is -0.397 e. The van der Waals surface area contributed by atoms with Gasteiger partial charge in [-0.25, -0.2) is 18.5 Å². The Hall–Kier alpha value is -2.12. The lowest BCUT2D eigenvalue weighted by molar-refractivity contribution is 0.598. The molecule has 112 valence electrons. The zero-order chi connectivity index (χ0) is 15.5. The number of nitrogen functional groups attached to an aromatic ring is 1. The van der Waals surface area contributed by atoms with Gasteiger partial charge >= 0.3 is 0 Å². The number of sulfonamides is 1. The number of hydrogen-bond donors (Lipinski definition) is 3. The molecule has 0 spiro atoms. The molecule has 0 saturated carbocycles. The normalized spacial score (nSPS) is 11.3. The second-order valence-corrected chi connectivity index (χ2v) is 6.30. The van der Waals surface area contributed by atoms with Crippen molar-refractivity contribution in [2.24, 2.45) is 5.14 Å². The number of anilines is 2. The SMILES string of the molecule is Cc1nc(NCCc2ccc(S(N)(=O)=O)cc2)ccc1N. The Morgan fingerprint density at radius 3 is 2.38 bits per heavy atom. The van der Waals surface area contributed by atoms with Gasteiger partial charge in [-0.2, -0.15) is 0 Å². The highest BCUT2D eigenvalue weighted by molar-refractivity contribution is 7.89. The van der Waals surface area contributed by atoms with Crippen LogP contribution in [0.1, 0.15) is 11.3 Å². The van der Waals surface area contributed by atoms with Gasteiger partial charge < -0.3 is 11.1 Å². The summed E-state index contributed by atoms with van der Waals surface area (Å²) in [5.74, 6) is 0.767. The molecular weight excluding hydrogens is 288 g/mol. The zero-order valence-electron chi connectivity index (χ0n) is 11.7. The molecule has 0 aliphatic heterocycles. The highest BCUT2D eigenvalue weighted by Crippen LogP contribution is 2.12. The van der Waals surface area contributed by atoms with Crippen molar-refractivity contribution in [2.75, 3.05) is 17.6 Å². The van der Waals surface area contributed by atoms with E-state index in [1.807, 2.05) is 19.1 Å². The van der Waals surface area contributed by atoms with Crippen LogP contribution in [-0.4, -0.2) is 19.9 Å². The second-order valence-electron chi connectivity index (χ2n) is 4.74. The summed E-state index contributed by atoms with van der Waals surface area (Å²) in [6.07, 6.45) is 0.746. The molecule has 0 radical (unpaired) electrons. The highest BCUT2D eigenvalue weighted by atomic mass is 32.2. The van der Waals surface area contributed by atoms with Crippen molar-refractivity contribution in [1.82, 2.24) is 4.98 Å². The van der Waals surface area contributed by atoms with Crippen LogP contribution >= 0.6 is 0 Å².